The van der Waals surface area contributed by atoms with Gasteiger partial charge in [-0.3, -0.25) is 9.69 Å². The molecule has 1 aliphatic carbocycles. The number of hydrogen-bond donors (Lipinski definition) is 0. The van der Waals surface area contributed by atoms with E-state index >= 15 is 0 Å². The average molecular weight is 210 g/mol. The highest BCUT2D eigenvalue weighted by molar-refractivity contribution is 5.47. The highest BCUT2D eigenvalue weighted by Gasteiger charge is 2.33. The Balaban J connectivity index is 2.01. The van der Waals surface area contributed by atoms with E-state index in [4.69, 9.17) is 0 Å². The fourth-order valence-corrected chi connectivity index (χ4v) is 3.14. The second-order valence-corrected chi connectivity index (χ2v) is 4.93. The molecule has 86 valence electrons. The summed E-state index contributed by atoms with van der Waals surface area (Å²) >= 11 is 0. The Morgan fingerprint density at radius 3 is 2.47 bits per heavy atom. The summed E-state index contributed by atoms with van der Waals surface area (Å²) in [6.07, 6.45) is 8.78. The summed E-state index contributed by atoms with van der Waals surface area (Å²) in [5.74, 6) is 0. The molecule has 1 saturated heterocycles. The third-order valence-corrected chi connectivity index (χ3v) is 3.99. The maximum absolute atomic E-state index is 10.9. The fraction of sp³-hybridized carbons (Fsp3) is 0.917. The zero-order valence-electron chi connectivity index (χ0n) is 9.69. The molecule has 1 amide bonds. The van der Waals surface area contributed by atoms with E-state index in [1.54, 1.807) is 0 Å². The summed E-state index contributed by atoms with van der Waals surface area (Å²) < 4.78 is 0. The van der Waals surface area contributed by atoms with Gasteiger partial charge in [0.25, 0.3) is 0 Å². The zero-order chi connectivity index (χ0) is 10.7. The Morgan fingerprint density at radius 1 is 1.13 bits per heavy atom. The van der Waals surface area contributed by atoms with E-state index in [1.165, 1.54) is 51.6 Å². The van der Waals surface area contributed by atoms with Crippen molar-refractivity contribution in [3.63, 3.8) is 0 Å². The van der Waals surface area contributed by atoms with Crippen molar-refractivity contribution < 1.29 is 4.79 Å². The molecular weight excluding hydrogens is 188 g/mol. The molecule has 2 rings (SSSR count). The number of carbonyl (C=O) groups excluding carboxylic acids is 1. The predicted molar refractivity (Wildman–Crippen MR) is 60.7 cm³/mol. The Hall–Kier alpha value is -0.570. The molecule has 2 atom stereocenters. The van der Waals surface area contributed by atoms with Crippen molar-refractivity contribution >= 4 is 6.41 Å². The van der Waals surface area contributed by atoms with E-state index in [9.17, 15) is 4.79 Å². The first kappa shape index (κ1) is 10.9. The molecule has 0 aromatic carbocycles. The second-order valence-electron chi connectivity index (χ2n) is 4.93. The van der Waals surface area contributed by atoms with Gasteiger partial charge in [-0.25, -0.2) is 0 Å². The minimum Gasteiger partial charge on any atom is -0.344 e. The van der Waals surface area contributed by atoms with Gasteiger partial charge in [0.1, 0.15) is 0 Å². The molecule has 0 bridgehead atoms. The maximum Gasteiger partial charge on any atom is 0.209 e. The van der Waals surface area contributed by atoms with Crippen LogP contribution in [0.1, 0.15) is 38.5 Å². The lowest BCUT2D eigenvalue weighted by Crippen LogP contribution is -2.51. The topological polar surface area (TPSA) is 23.6 Å². The lowest BCUT2D eigenvalue weighted by molar-refractivity contribution is -0.120. The van der Waals surface area contributed by atoms with Crippen LogP contribution in [-0.4, -0.2) is 48.4 Å². The number of carbonyl (C=O) groups is 1. The quantitative estimate of drug-likeness (QED) is 0.659. The van der Waals surface area contributed by atoms with Gasteiger partial charge in [0, 0.05) is 19.1 Å². The van der Waals surface area contributed by atoms with Crippen LogP contribution >= 0.6 is 0 Å². The highest BCUT2D eigenvalue weighted by Crippen LogP contribution is 2.28. The van der Waals surface area contributed by atoms with Crippen molar-refractivity contribution in [1.82, 2.24) is 9.80 Å². The van der Waals surface area contributed by atoms with E-state index in [1.807, 2.05) is 11.9 Å². The summed E-state index contributed by atoms with van der Waals surface area (Å²) in [6.45, 7) is 2.49. The normalized spacial score (nSPS) is 32.9. The van der Waals surface area contributed by atoms with Crippen LogP contribution in [0, 0.1) is 0 Å². The third kappa shape index (κ3) is 2.33. The molecule has 0 spiro atoms. The minimum absolute atomic E-state index is 0.467. The Kier molecular flexibility index (Phi) is 3.62. The van der Waals surface area contributed by atoms with Crippen molar-refractivity contribution in [3.8, 4) is 0 Å². The number of likely N-dealkylation sites (N-methyl/N-ethyl adjacent to an activating group) is 1. The molecule has 1 saturated carbocycles. The van der Waals surface area contributed by atoms with Gasteiger partial charge in [0.15, 0.2) is 0 Å². The van der Waals surface area contributed by atoms with E-state index in [2.05, 4.69) is 4.90 Å². The molecule has 15 heavy (non-hydrogen) atoms. The van der Waals surface area contributed by atoms with Gasteiger partial charge >= 0.3 is 0 Å². The van der Waals surface area contributed by atoms with Crippen LogP contribution in [0.2, 0.25) is 0 Å². The van der Waals surface area contributed by atoms with Crippen LogP contribution in [0.5, 0.6) is 0 Å². The smallest absolute Gasteiger partial charge is 0.209 e. The van der Waals surface area contributed by atoms with Gasteiger partial charge in [-0.2, -0.15) is 0 Å². The maximum atomic E-state index is 10.9. The number of rotatable bonds is 3. The van der Waals surface area contributed by atoms with Crippen LogP contribution in [0.15, 0.2) is 0 Å². The van der Waals surface area contributed by atoms with E-state index < -0.39 is 0 Å². The monoisotopic (exact) mass is 210 g/mol. The Labute approximate surface area is 92.4 Å². The fourth-order valence-electron chi connectivity index (χ4n) is 3.14. The summed E-state index contributed by atoms with van der Waals surface area (Å²) in [6, 6.07) is 1.10. The lowest BCUT2D eigenvalue weighted by atomic mass is 9.88. The van der Waals surface area contributed by atoms with Gasteiger partial charge in [-0.1, -0.05) is 12.8 Å². The Bertz CT molecular complexity index is 214. The van der Waals surface area contributed by atoms with Crippen molar-refractivity contribution in [2.45, 2.75) is 50.6 Å². The molecule has 3 nitrogen and oxygen atoms in total. The number of nitrogens with zero attached hydrogens (tertiary/aromatic N) is 2. The van der Waals surface area contributed by atoms with Crippen LogP contribution < -0.4 is 0 Å². The molecule has 0 radical (unpaired) electrons. The summed E-state index contributed by atoms with van der Waals surface area (Å²) in [5, 5.41) is 0. The molecule has 0 N–H and O–H groups in total. The molecule has 2 unspecified atom stereocenters. The number of hydrogen-bond acceptors (Lipinski definition) is 2. The van der Waals surface area contributed by atoms with Crippen molar-refractivity contribution in [2.24, 2.45) is 0 Å². The standard InChI is InChI=1S/C12H22N2O/c1-13(10-15)11-6-2-3-7-12(11)14-8-4-5-9-14/h10-12H,2-9H2,1H3. The summed E-state index contributed by atoms with van der Waals surface area (Å²) in [5.41, 5.74) is 0. The lowest BCUT2D eigenvalue weighted by Gasteiger charge is -2.41. The van der Waals surface area contributed by atoms with Crippen LogP contribution in [0.25, 0.3) is 0 Å². The first-order valence-electron chi connectivity index (χ1n) is 6.24. The van der Waals surface area contributed by atoms with Gasteiger partial charge in [-0.05, 0) is 38.8 Å². The predicted octanol–water partition coefficient (Wildman–Crippen LogP) is 1.48. The Morgan fingerprint density at radius 2 is 1.80 bits per heavy atom. The summed E-state index contributed by atoms with van der Waals surface area (Å²) in [4.78, 5) is 15.4. The zero-order valence-corrected chi connectivity index (χ0v) is 9.69. The SMILES string of the molecule is CN(C=O)C1CCCCC1N1CCCC1. The molecule has 1 heterocycles. The average Bonchev–Trinajstić information content (AvgIpc) is 2.81. The van der Waals surface area contributed by atoms with E-state index in [0.29, 0.717) is 12.1 Å². The van der Waals surface area contributed by atoms with Crippen molar-refractivity contribution in [3.05, 3.63) is 0 Å². The molecule has 2 aliphatic rings. The minimum atomic E-state index is 0.467. The number of likely N-dealkylation sites (tertiary alicyclic amines) is 1. The number of amides is 1. The molecule has 2 fully saturated rings. The molecular formula is C12H22N2O. The molecule has 1 aliphatic heterocycles. The van der Waals surface area contributed by atoms with Crippen LogP contribution in [-0.2, 0) is 4.79 Å². The largest absolute Gasteiger partial charge is 0.344 e. The molecule has 0 aromatic heterocycles. The van der Waals surface area contributed by atoms with Crippen LogP contribution in [0.4, 0.5) is 0 Å². The van der Waals surface area contributed by atoms with Gasteiger partial charge in [-0.15, -0.1) is 0 Å². The van der Waals surface area contributed by atoms with Gasteiger partial charge < -0.3 is 4.90 Å². The van der Waals surface area contributed by atoms with Crippen molar-refractivity contribution in [1.29, 1.82) is 0 Å². The van der Waals surface area contributed by atoms with E-state index in [-0.39, 0.29) is 0 Å². The van der Waals surface area contributed by atoms with Gasteiger partial charge in [0.05, 0.1) is 0 Å². The van der Waals surface area contributed by atoms with Crippen LogP contribution in [0.3, 0.4) is 0 Å². The van der Waals surface area contributed by atoms with Gasteiger partial charge in [0.2, 0.25) is 6.41 Å². The molecule has 0 aromatic rings. The summed E-state index contributed by atoms with van der Waals surface area (Å²) in [7, 11) is 1.94. The first-order valence-corrected chi connectivity index (χ1v) is 6.24. The third-order valence-electron chi connectivity index (χ3n) is 3.99. The van der Waals surface area contributed by atoms with E-state index in [0.717, 1.165) is 6.41 Å². The van der Waals surface area contributed by atoms with Crippen molar-refractivity contribution in [2.75, 3.05) is 20.1 Å². The second kappa shape index (κ2) is 4.97. The first-order chi connectivity index (χ1) is 7.33. The highest BCUT2D eigenvalue weighted by atomic mass is 16.1. The molecule has 3 heteroatoms.